The largest absolute Gasteiger partial charge is 0.489 e. The summed E-state index contributed by atoms with van der Waals surface area (Å²) in [5.74, 6) is -0.578. The van der Waals surface area contributed by atoms with Crippen LogP contribution in [-0.2, 0) is 11.4 Å². The molecular formula is C26H26FNO3. The summed E-state index contributed by atoms with van der Waals surface area (Å²) in [6, 6.07) is 24.4. The molecule has 1 aliphatic heterocycles. The highest BCUT2D eigenvalue weighted by Gasteiger charge is 2.30. The van der Waals surface area contributed by atoms with E-state index in [0.29, 0.717) is 32.5 Å². The fourth-order valence-corrected chi connectivity index (χ4v) is 4.21. The molecule has 1 atom stereocenters. The molecular weight excluding hydrogens is 393 g/mol. The van der Waals surface area contributed by atoms with Crippen molar-refractivity contribution in [2.24, 2.45) is 5.92 Å². The van der Waals surface area contributed by atoms with Crippen LogP contribution in [-0.4, -0.2) is 29.1 Å². The van der Waals surface area contributed by atoms with Crippen molar-refractivity contribution in [2.45, 2.75) is 25.5 Å². The minimum absolute atomic E-state index is 0.161. The number of carboxylic acid groups (broad SMARTS) is 1. The molecule has 1 unspecified atom stereocenters. The number of likely N-dealkylation sites (tertiary alicyclic amines) is 1. The number of hydrogen-bond acceptors (Lipinski definition) is 3. The summed E-state index contributed by atoms with van der Waals surface area (Å²) in [5, 5.41) is 9.34. The van der Waals surface area contributed by atoms with Crippen LogP contribution in [0.2, 0.25) is 0 Å². The molecule has 0 aliphatic carbocycles. The lowest BCUT2D eigenvalue weighted by molar-refractivity contribution is -0.143. The summed E-state index contributed by atoms with van der Waals surface area (Å²) in [6.45, 7) is 1.76. The van der Waals surface area contributed by atoms with Gasteiger partial charge < -0.3 is 9.84 Å². The van der Waals surface area contributed by atoms with Crippen LogP contribution < -0.4 is 4.74 Å². The molecule has 1 aliphatic rings. The van der Waals surface area contributed by atoms with Crippen LogP contribution in [0, 0.1) is 11.7 Å². The first-order chi connectivity index (χ1) is 15.1. The number of aliphatic carboxylic acids is 1. The monoisotopic (exact) mass is 419 g/mol. The number of benzene rings is 3. The smallest absolute Gasteiger partial charge is 0.306 e. The molecule has 3 aromatic rings. The van der Waals surface area contributed by atoms with E-state index in [1.807, 2.05) is 60.7 Å². The average molecular weight is 419 g/mol. The third kappa shape index (κ3) is 5.30. The zero-order chi connectivity index (χ0) is 21.6. The third-order valence-electron chi connectivity index (χ3n) is 5.83. The second kappa shape index (κ2) is 9.75. The predicted octanol–water partition coefficient (Wildman–Crippen LogP) is 5.29. The van der Waals surface area contributed by atoms with Crippen molar-refractivity contribution in [1.29, 1.82) is 0 Å². The maximum atomic E-state index is 14.0. The Bertz CT molecular complexity index is 1020. The number of piperidine rings is 1. The van der Waals surface area contributed by atoms with E-state index in [4.69, 9.17) is 4.74 Å². The van der Waals surface area contributed by atoms with E-state index in [0.717, 1.165) is 22.4 Å². The van der Waals surface area contributed by atoms with Crippen LogP contribution in [0.1, 0.15) is 35.6 Å². The summed E-state index contributed by atoms with van der Waals surface area (Å²) in [4.78, 5) is 13.6. The first kappa shape index (κ1) is 21.1. The number of halogens is 1. The Hall–Kier alpha value is -3.18. The van der Waals surface area contributed by atoms with Gasteiger partial charge in [0.1, 0.15) is 18.2 Å². The minimum Gasteiger partial charge on any atom is -0.489 e. The lowest BCUT2D eigenvalue weighted by Gasteiger charge is -2.37. The Balaban J connectivity index is 1.59. The number of rotatable bonds is 7. The van der Waals surface area contributed by atoms with Crippen molar-refractivity contribution >= 4 is 5.97 Å². The highest BCUT2D eigenvalue weighted by Crippen LogP contribution is 2.34. The van der Waals surface area contributed by atoms with Crippen LogP contribution >= 0.6 is 0 Å². The number of carbonyl (C=O) groups is 1. The van der Waals surface area contributed by atoms with Crippen molar-refractivity contribution in [2.75, 3.05) is 13.1 Å². The van der Waals surface area contributed by atoms with E-state index >= 15 is 0 Å². The summed E-state index contributed by atoms with van der Waals surface area (Å²) < 4.78 is 20.1. The lowest BCUT2D eigenvalue weighted by atomic mass is 9.91. The Morgan fingerprint density at radius 2 is 1.65 bits per heavy atom. The molecule has 0 spiro atoms. The zero-order valence-corrected chi connectivity index (χ0v) is 17.3. The molecule has 0 aromatic heterocycles. The fraction of sp³-hybridized carbons (Fsp3) is 0.269. The average Bonchev–Trinajstić information content (AvgIpc) is 2.79. The van der Waals surface area contributed by atoms with E-state index in [1.165, 1.54) is 6.07 Å². The summed E-state index contributed by atoms with van der Waals surface area (Å²) >= 11 is 0. The minimum atomic E-state index is -0.738. The van der Waals surface area contributed by atoms with Crippen LogP contribution in [0.4, 0.5) is 4.39 Å². The van der Waals surface area contributed by atoms with Gasteiger partial charge in [-0.15, -0.1) is 0 Å². The Kier molecular flexibility index (Phi) is 6.63. The SMILES string of the molecule is O=C(O)C1CCN(C(c2cccc(F)c2)c2cccc(OCc3ccccc3)c2)CC1. The molecule has 1 heterocycles. The van der Waals surface area contributed by atoms with Gasteiger partial charge in [-0.3, -0.25) is 9.69 Å². The molecule has 4 nitrogen and oxygen atoms in total. The number of carboxylic acids is 1. The van der Waals surface area contributed by atoms with Gasteiger partial charge in [0.2, 0.25) is 0 Å². The van der Waals surface area contributed by atoms with Crippen LogP contribution in [0.5, 0.6) is 5.75 Å². The van der Waals surface area contributed by atoms with Gasteiger partial charge in [0.15, 0.2) is 0 Å². The van der Waals surface area contributed by atoms with Gasteiger partial charge in [-0.2, -0.15) is 0 Å². The molecule has 1 fully saturated rings. The highest BCUT2D eigenvalue weighted by atomic mass is 19.1. The Labute approximate surface area is 181 Å². The molecule has 1 N–H and O–H groups in total. The molecule has 0 saturated carbocycles. The van der Waals surface area contributed by atoms with Crippen molar-refractivity contribution in [3.8, 4) is 5.75 Å². The predicted molar refractivity (Wildman–Crippen MR) is 117 cm³/mol. The number of hydrogen-bond donors (Lipinski definition) is 1. The molecule has 1 saturated heterocycles. The quantitative estimate of drug-likeness (QED) is 0.565. The van der Waals surface area contributed by atoms with Crippen molar-refractivity contribution in [3.63, 3.8) is 0 Å². The van der Waals surface area contributed by atoms with Gasteiger partial charge in [-0.05, 0) is 66.9 Å². The van der Waals surface area contributed by atoms with Crippen molar-refractivity contribution < 1.29 is 19.0 Å². The third-order valence-corrected chi connectivity index (χ3v) is 5.83. The topological polar surface area (TPSA) is 49.8 Å². The first-order valence-electron chi connectivity index (χ1n) is 10.6. The molecule has 3 aromatic carbocycles. The second-order valence-corrected chi connectivity index (χ2v) is 7.95. The zero-order valence-electron chi connectivity index (χ0n) is 17.3. The molecule has 0 bridgehead atoms. The Morgan fingerprint density at radius 1 is 0.968 bits per heavy atom. The van der Waals surface area contributed by atoms with Gasteiger partial charge >= 0.3 is 5.97 Å². The van der Waals surface area contributed by atoms with E-state index in [-0.39, 0.29) is 17.8 Å². The Morgan fingerprint density at radius 3 is 2.32 bits per heavy atom. The maximum Gasteiger partial charge on any atom is 0.306 e. The summed E-state index contributed by atoms with van der Waals surface area (Å²) in [6.07, 6.45) is 1.18. The number of nitrogens with zero attached hydrogens (tertiary/aromatic N) is 1. The van der Waals surface area contributed by atoms with E-state index in [9.17, 15) is 14.3 Å². The van der Waals surface area contributed by atoms with Crippen molar-refractivity contribution in [1.82, 2.24) is 4.90 Å². The summed E-state index contributed by atoms with van der Waals surface area (Å²) in [7, 11) is 0. The fourth-order valence-electron chi connectivity index (χ4n) is 4.21. The molecule has 31 heavy (non-hydrogen) atoms. The van der Waals surface area contributed by atoms with Crippen LogP contribution in [0.3, 0.4) is 0 Å². The molecule has 0 radical (unpaired) electrons. The first-order valence-corrected chi connectivity index (χ1v) is 10.6. The lowest BCUT2D eigenvalue weighted by Crippen LogP contribution is -2.39. The van der Waals surface area contributed by atoms with Crippen LogP contribution in [0.15, 0.2) is 78.9 Å². The molecule has 0 amide bonds. The van der Waals surface area contributed by atoms with Gasteiger partial charge in [0.25, 0.3) is 0 Å². The van der Waals surface area contributed by atoms with Gasteiger partial charge in [0.05, 0.1) is 12.0 Å². The van der Waals surface area contributed by atoms with Gasteiger partial charge in [-0.25, -0.2) is 4.39 Å². The van der Waals surface area contributed by atoms with Crippen molar-refractivity contribution in [3.05, 3.63) is 101 Å². The summed E-state index contributed by atoms with van der Waals surface area (Å²) in [5.41, 5.74) is 2.95. The van der Waals surface area contributed by atoms with Crippen LogP contribution in [0.25, 0.3) is 0 Å². The second-order valence-electron chi connectivity index (χ2n) is 7.95. The molecule has 5 heteroatoms. The maximum absolute atomic E-state index is 14.0. The van der Waals surface area contributed by atoms with E-state index in [2.05, 4.69) is 4.90 Å². The highest BCUT2D eigenvalue weighted by molar-refractivity contribution is 5.70. The van der Waals surface area contributed by atoms with E-state index in [1.54, 1.807) is 12.1 Å². The molecule has 4 rings (SSSR count). The normalized spacial score (nSPS) is 16.0. The van der Waals surface area contributed by atoms with Gasteiger partial charge in [0, 0.05) is 0 Å². The van der Waals surface area contributed by atoms with Gasteiger partial charge in [-0.1, -0.05) is 54.6 Å². The van der Waals surface area contributed by atoms with E-state index < -0.39 is 5.97 Å². The number of ether oxygens (including phenoxy) is 1. The standard InChI is InChI=1S/C26H26FNO3/c27-23-10-4-8-21(16-23)25(28-14-12-20(13-15-28)26(29)30)22-9-5-11-24(17-22)31-18-19-6-2-1-3-7-19/h1-11,16-17,20,25H,12-15,18H2,(H,29,30). The molecule has 160 valence electrons.